The number of anilines is 1. The van der Waals surface area contributed by atoms with E-state index >= 15 is 0 Å². The molecule has 1 aromatic heterocycles. The van der Waals surface area contributed by atoms with Gasteiger partial charge in [-0.05, 0) is 35.7 Å². The number of nitrogens with zero attached hydrogens (tertiary/aromatic N) is 1. The maximum absolute atomic E-state index is 12.5. The Morgan fingerprint density at radius 1 is 1.13 bits per heavy atom. The van der Waals surface area contributed by atoms with Crippen LogP contribution in [0.2, 0.25) is 0 Å². The van der Waals surface area contributed by atoms with E-state index in [4.69, 9.17) is 4.74 Å². The number of aromatic amines is 1. The summed E-state index contributed by atoms with van der Waals surface area (Å²) in [5.74, 6) is -0.262. The normalized spacial score (nSPS) is 15.8. The summed E-state index contributed by atoms with van der Waals surface area (Å²) in [7, 11) is 1.57. The maximum Gasteiger partial charge on any atom is 0.251 e. The summed E-state index contributed by atoms with van der Waals surface area (Å²) in [5.41, 5.74) is 2.16. The molecule has 160 valence electrons. The summed E-state index contributed by atoms with van der Waals surface area (Å²) in [6.07, 6.45) is 1.98. The predicted octanol–water partition coefficient (Wildman–Crippen LogP) is 2.08. The third-order valence-electron chi connectivity index (χ3n) is 5.39. The Labute approximate surface area is 179 Å². The lowest BCUT2D eigenvalue weighted by Crippen LogP contribution is -2.38. The van der Waals surface area contributed by atoms with Gasteiger partial charge in [0.15, 0.2) is 0 Å². The van der Waals surface area contributed by atoms with Crippen LogP contribution < -0.4 is 20.3 Å². The number of amides is 3. The van der Waals surface area contributed by atoms with Gasteiger partial charge in [-0.25, -0.2) is 0 Å². The second-order valence-electron chi connectivity index (χ2n) is 7.43. The molecule has 1 aliphatic rings. The van der Waals surface area contributed by atoms with Gasteiger partial charge in [-0.3, -0.25) is 14.4 Å². The molecule has 8 heteroatoms. The van der Waals surface area contributed by atoms with E-state index in [1.54, 1.807) is 36.3 Å². The van der Waals surface area contributed by atoms with Crippen molar-refractivity contribution in [2.45, 2.75) is 6.42 Å². The number of H-pyrrole nitrogens is 1. The molecule has 0 saturated carbocycles. The Morgan fingerprint density at radius 2 is 1.97 bits per heavy atom. The molecule has 1 unspecified atom stereocenters. The lowest BCUT2D eigenvalue weighted by Gasteiger charge is -2.17. The molecule has 1 aliphatic heterocycles. The van der Waals surface area contributed by atoms with Crippen LogP contribution >= 0.6 is 0 Å². The van der Waals surface area contributed by atoms with Crippen molar-refractivity contribution >= 4 is 34.3 Å². The molecular formula is C23H24N4O4. The van der Waals surface area contributed by atoms with E-state index < -0.39 is 5.92 Å². The van der Waals surface area contributed by atoms with Crippen LogP contribution in [0.1, 0.15) is 16.8 Å². The van der Waals surface area contributed by atoms with Crippen molar-refractivity contribution in [3.63, 3.8) is 0 Å². The zero-order valence-electron chi connectivity index (χ0n) is 17.2. The largest absolute Gasteiger partial charge is 0.497 e. The van der Waals surface area contributed by atoms with Gasteiger partial charge in [-0.15, -0.1) is 0 Å². The van der Waals surface area contributed by atoms with Crippen LogP contribution in [-0.4, -0.2) is 49.4 Å². The molecule has 1 atom stereocenters. The standard InChI is InChI=1S/C23H24N4O4/c1-31-19-4-2-3-18(13-19)27-14-17(12-21(27)28)23(30)26-10-9-25-22(29)16-6-5-15-7-8-24-20(15)11-16/h2-8,11,13,17,24H,9-10,12,14H2,1H3,(H,25,29)(H,26,30). The second-order valence-corrected chi connectivity index (χ2v) is 7.43. The second kappa shape index (κ2) is 8.91. The molecule has 8 nitrogen and oxygen atoms in total. The van der Waals surface area contributed by atoms with Crippen molar-refractivity contribution in [3.8, 4) is 5.75 Å². The van der Waals surface area contributed by atoms with Crippen molar-refractivity contribution in [2.75, 3.05) is 31.6 Å². The Bertz CT molecular complexity index is 1120. The predicted molar refractivity (Wildman–Crippen MR) is 117 cm³/mol. The molecule has 3 N–H and O–H groups in total. The van der Waals surface area contributed by atoms with Crippen molar-refractivity contribution in [1.82, 2.24) is 15.6 Å². The van der Waals surface area contributed by atoms with Gasteiger partial charge in [-0.1, -0.05) is 12.1 Å². The highest BCUT2D eigenvalue weighted by molar-refractivity contribution is 6.00. The molecule has 0 bridgehead atoms. The number of hydrogen-bond donors (Lipinski definition) is 3. The van der Waals surface area contributed by atoms with Crippen LogP contribution in [0.3, 0.4) is 0 Å². The highest BCUT2D eigenvalue weighted by Gasteiger charge is 2.35. The van der Waals surface area contributed by atoms with Gasteiger partial charge in [0.2, 0.25) is 11.8 Å². The molecule has 1 fully saturated rings. The van der Waals surface area contributed by atoms with E-state index in [1.165, 1.54) is 0 Å². The van der Waals surface area contributed by atoms with Gasteiger partial charge in [0.1, 0.15) is 5.75 Å². The number of ether oxygens (including phenoxy) is 1. The molecule has 0 spiro atoms. The summed E-state index contributed by atoms with van der Waals surface area (Å²) in [4.78, 5) is 41.9. The van der Waals surface area contributed by atoms with E-state index in [9.17, 15) is 14.4 Å². The smallest absolute Gasteiger partial charge is 0.251 e. The summed E-state index contributed by atoms with van der Waals surface area (Å²) >= 11 is 0. The third kappa shape index (κ3) is 4.53. The zero-order chi connectivity index (χ0) is 21.8. The summed E-state index contributed by atoms with van der Waals surface area (Å²) in [6.45, 7) is 0.910. The van der Waals surface area contributed by atoms with Crippen molar-refractivity contribution in [2.24, 2.45) is 5.92 Å². The summed E-state index contributed by atoms with van der Waals surface area (Å²) < 4.78 is 5.20. The number of carbonyl (C=O) groups is 3. The van der Waals surface area contributed by atoms with Crippen LogP contribution in [0.15, 0.2) is 54.7 Å². The first-order valence-electron chi connectivity index (χ1n) is 10.1. The average molecular weight is 420 g/mol. The van der Waals surface area contributed by atoms with Gasteiger partial charge in [0.05, 0.1) is 13.0 Å². The van der Waals surface area contributed by atoms with Gasteiger partial charge < -0.3 is 25.3 Å². The van der Waals surface area contributed by atoms with E-state index in [1.807, 2.05) is 30.5 Å². The lowest BCUT2D eigenvalue weighted by atomic mass is 10.1. The molecule has 2 aromatic carbocycles. The molecular weight excluding hydrogens is 396 g/mol. The maximum atomic E-state index is 12.5. The van der Waals surface area contributed by atoms with Crippen LogP contribution in [-0.2, 0) is 9.59 Å². The first-order chi connectivity index (χ1) is 15.0. The van der Waals surface area contributed by atoms with Crippen molar-refractivity contribution < 1.29 is 19.1 Å². The Kier molecular flexibility index (Phi) is 5.88. The minimum atomic E-state index is -0.426. The van der Waals surface area contributed by atoms with Crippen LogP contribution in [0.5, 0.6) is 5.75 Å². The average Bonchev–Trinajstić information content (AvgIpc) is 3.42. The van der Waals surface area contributed by atoms with Crippen LogP contribution in [0.25, 0.3) is 10.9 Å². The van der Waals surface area contributed by atoms with E-state index in [2.05, 4.69) is 15.6 Å². The lowest BCUT2D eigenvalue weighted by molar-refractivity contribution is -0.126. The van der Waals surface area contributed by atoms with Crippen LogP contribution in [0.4, 0.5) is 5.69 Å². The number of aromatic nitrogens is 1. The minimum absolute atomic E-state index is 0.0959. The van der Waals surface area contributed by atoms with Gasteiger partial charge >= 0.3 is 0 Å². The minimum Gasteiger partial charge on any atom is -0.497 e. The number of fused-ring (bicyclic) bond motifs is 1. The number of hydrogen-bond acceptors (Lipinski definition) is 4. The van der Waals surface area contributed by atoms with E-state index in [0.29, 0.717) is 36.6 Å². The highest BCUT2D eigenvalue weighted by atomic mass is 16.5. The van der Waals surface area contributed by atoms with Crippen molar-refractivity contribution in [3.05, 3.63) is 60.3 Å². The number of benzene rings is 2. The summed E-state index contributed by atoms with van der Waals surface area (Å²) in [5, 5.41) is 6.65. The van der Waals surface area contributed by atoms with Crippen molar-refractivity contribution in [1.29, 1.82) is 0 Å². The van der Waals surface area contributed by atoms with Crippen LogP contribution in [0, 0.1) is 5.92 Å². The molecule has 31 heavy (non-hydrogen) atoms. The molecule has 0 radical (unpaired) electrons. The highest BCUT2D eigenvalue weighted by Crippen LogP contribution is 2.27. The molecule has 0 aliphatic carbocycles. The molecule has 3 aromatic rings. The van der Waals surface area contributed by atoms with Gasteiger partial charge in [0.25, 0.3) is 5.91 Å². The fourth-order valence-electron chi connectivity index (χ4n) is 3.71. The quantitative estimate of drug-likeness (QED) is 0.509. The topological polar surface area (TPSA) is 104 Å². The number of nitrogens with one attached hydrogen (secondary N) is 3. The first-order valence-corrected chi connectivity index (χ1v) is 10.1. The van der Waals surface area contributed by atoms with Gasteiger partial charge in [-0.2, -0.15) is 0 Å². The van der Waals surface area contributed by atoms with Gasteiger partial charge in [0, 0.05) is 55.1 Å². The Morgan fingerprint density at radius 3 is 2.81 bits per heavy atom. The number of carbonyl (C=O) groups excluding carboxylic acids is 3. The molecule has 1 saturated heterocycles. The zero-order valence-corrected chi connectivity index (χ0v) is 17.2. The van der Waals surface area contributed by atoms with E-state index in [0.717, 1.165) is 10.9 Å². The molecule has 2 heterocycles. The fraction of sp³-hybridized carbons (Fsp3) is 0.261. The fourth-order valence-corrected chi connectivity index (χ4v) is 3.71. The SMILES string of the molecule is COc1cccc(N2CC(C(=O)NCCNC(=O)c3ccc4cc[nH]c4c3)CC2=O)c1. The Balaban J connectivity index is 1.25. The molecule has 4 rings (SSSR count). The molecule has 3 amide bonds. The number of rotatable bonds is 7. The first kappa shape index (κ1) is 20.5. The number of methoxy groups -OCH3 is 1. The monoisotopic (exact) mass is 420 g/mol. The summed E-state index contributed by atoms with van der Waals surface area (Å²) in [6, 6.07) is 14.6. The van der Waals surface area contributed by atoms with E-state index in [-0.39, 0.29) is 24.1 Å². The third-order valence-corrected chi connectivity index (χ3v) is 5.39. The Hall–Kier alpha value is -3.81.